The third kappa shape index (κ3) is 4.23. The normalized spacial score (nSPS) is 12.4. The van der Waals surface area contributed by atoms with E-state index in [2.05, 4.69) is 4.98 Å². The van der Waals surface area contributed by atoms with E-state index >= 15 is 0 Å². The number of benzene rings is 2. The maximum atomic E-state index is 13.4. The molecule has 0 atom stereocenters. The summed E-state index contributed by atoms with van der Waals surface area (Å²) in [6.45, 7) is 1.58. The first kappa shape index (κ1) is 20.0. The van der Waals surface area contributed by atoms with Gasteiger partial charge in [-0.2, -0.15) is 13.2 Å². The Balaban J connectivity index is 2.06. The molecule has 0 spiro atoms. The Morgan fingerprint density at radius 3 is 2.29 bits per heavy atom. The molecule has 5 nitrogen and oxygen atoms in total. The molecule has 2 aromatic carbocycles. The van der Waals surface area contributed by atoms with Gasteiger partial charge in [0.15, 0.2) is 5.69 Å². The molecule has 10 heteroatoms. The van der Waals surface area contributed by atoms with Gasteiger partial charge in [-0.15, -0.1) is 0 Å². The van der Waals surface area contributed by atoms with Crippen molar-refractivity contribution in [2.45, 2.75) is 24.5 Å². The van der Waals surface area contributed by atoms with Gasteiger partial charge in [0.2, 0.25) is 10.0 Å². The van der Waals surface area contributed by atoms with E-state index in [1.165, 1.54) is 47.0 Å². The van der Waals surface area contributed by atoms with Gasteiger partial charge in [-0.3, -0.25) is 0 Å². The molecule has 2 N–H and O–H groups in total. The second-order valence-corrected chi connectivity index (χ2v) is 7.79. The van der Waals surface area contributed by atoms with Crippen molar-refractivity contribution >= 4 is 10.0 Å². The zero-order chi connectivity index (χ0) is 20.7. The second kappa shape index (κ2) is 7.02. The highest BCUT2D eigenvalue weighted by atomic mass is 32.2. The van der Waals surface area contributed by atoms with Crippen molar-refractivity contribution in [1.29, 1.82) is 0 Å². The summed E-state index contributed by atoms with van der Waals surface area (Å²) in [6.07, 6.45) is -3.79. The number of sulfonamides is 1. The standard InChI is InChI=1S/C18H15F4N3O2S/c1-11-8-12(2-7-15(11)19)9-25-10-16(18(20,21)22)24-17(25)13-3-5-14(6-4-13)28(23,26)27/h2-8,10H,9H2,1H3,(H2,23,26,27). The molecule has 0 aliphatic carbocycles. The summed E-state index contributed by atoms with van der Waals surface area (Å²) in [5, 5.41) is 5.04. The summed E-state index contributed by atoms with van der Waals surface area (Å²) >= 11 is 0. The van der Waals surface area contributed by atoms with E-state index in [1.807, 2.05) is 0 Å². The van der Waals surface area contributed by atoms with Crippen LogP contribution >= 0.6 is 0 Å². The Kier molecular flexibility index (Phi) is 5.02. The fraction of sp³-hybridized carbons (Fsp3) is 0.167. The Morgan fingerprint density at radius 2 is 1.75 bits per heavy atom. The number of alkyl halides is 3. The lowest BCUT2D eigenvalue weighted by atomic mass is 10.1. The molecule has 1 heterocycles. The van der Waals surface area contributed by atoms with Crippen LogP contribution in [0, 0.1) is 12.7 Å². The number of rotatable bonds is 4. The summed E-state index contributed by atoms with van der Waals surface area (Å²) in [4.78, 5) is 3.50. The van der Waals surface area contributed by atoms with E-state index < -0.39 is 27.7 Å². The number of primary sulfonamides is 1. The Labute approximate surface area is 158 Å². The maximum Gasteiger partial charge on any atom is 0.434 e. The van der Waals surface area contributed by atoms with Gasteiger partial charge in [0.1, 0.15) is 11.6 Å². The molecule has 0 aliphatic heterocycles. The number of nitrogens with zero attached hydrogens (tertiary/aromatic N) is 2. The van der Waals surface area contributed by atoms with E-state index in [0.29, 0.717) is 11.1 Å². The molecule has 0 radical (unpaired) electrons. The zero-order valence-electron chi connectivity index (χ0n) is 14.5. The van der Waals surface area contributed by atoms with Crippen LogP contribution in [-0.4, -0.2) is 18.0 Å². The second-order valence-electron chi connectivity index (χ2n) is 6.23. The van der Waals surface area contributed by atoms with Gasteiger partial charge in [-0.05, 0) is 48.4 Å². The van der Waals surface area contributed by atoms with E-state index in [4.69, 9.17) is 5.14 Å². The van der Waals surface area contributed by atoms with Crippen molar-refractivity contribution < 1.29 is 26.0 Å². The summed E-state index contributed by atoms with van der Waals surface area (Å²) in [7, 11) is -3.93. The Bertz CT molecular complexity index is 1120. The van der Waals surface area contributed by atoms with Gasteiger partial charge in [0.05, 0.1) is 4.90 Å². The quantitative estimate of drug-likeness (QED) is 0.663. The third-order valence-corrected chi connectivity index (χ3v) is 5.01. The molecule has 3 rings (SSSR count). The first-order valence-corrected chi connectivity index (χ1v) is 9.52. The first-order chi connectivity index (χ1) is 12.9. The van der Waals surface area contributed by atoms with Crippen molar-refractivity contribution in [3.63, 3.8) is 0 Å². The average molecular weight is 413 g/mol. The molecule has 1 aromatic heterocycles. The number of nitrogens with two attached hydrogens (primary N) is 1. The minimum atomic E-state index is -4.65. The van der Waals surface area contributed by atoms with Crippen LogP contribution in [0.1, 0.15) is 16.8 Å². The topological polar surface area (TPSA) is 78.0 Å². The lowest BCUT2D eigenvalue weighted by molar-refractivity contribution is -0.140. The molecule has 3 aromatic rings. The van der Waals surface area contributed by atoms with Crippen molar-refractivity contribution in [2.24, 2.45) is 5.14 Å². The Hall–Kier alpha value is -2.72. The van der Waals surface area contributed by atoms with Crippen LogP contribution in [0.3, 0.4) is 0 Å². The minimum absolute atomic E-state index is 0.00438. The van der Waals surface area contributed by atoms with Crippen LogP contribution < -0.4 is 5.14 Å². The molecule has 28 heavy (non-hydrogen) atoms. The van der Waals surface area contributed by atoms with Gasteiger partial charge in [-0.1, -0.05) is 12.1 Å². The van der Waals surface area contributed by atoms with Crippen LogP contribution in [0.2, 0.25) is 0 Å². The van der Waals surface area contributed by atoms with Crippen LogP contribution in [-0.2, 0) is 22.7 Å². The molecule has 0 aliphatic rings. The van der Waals surface area contributed by atoms with Crippen LogP contribution in [0.25, 0.3) is 11.4 Å². The number of hydrogen-bond acceptors (Lipinski definition) is 3. The number of aromatic nitrogens is 2. The predicted octanol–water partition coefficient (Wildman–Crippen LogP) is 3.71. The van der Waals surface area contributed by atoms with Crippen LogP contribution in [0.5, 0.6) is 0 Å². The highest BCUT2D eigenvalue weighted by Crippen LogP contribution is 2.31. The van der Waals surface area contributed by atoms with Crippen molar-refractivity contribution in [3.8, 4) is 11.4 Å². The molecular weight excluding hydrogens is 398 g/mol. The lowest BCUT2D eigenvalue weighted by Crippen LogP contribution is -2.11. The molecular formula is C18H15F4N3O2S. The highest BCUT2D eigenvalue weighted by molar-refractivity contribution is 7.89. The fourth-order valence-electron chi connectivity index (χ4n) is 2.70. The van der Waals surface area contributed by atoms with Crippen molar-refractivity contribution in [3.05, 3.63) is 71.3 Å². The average Bonchev–Trinajstić information content (AvgIpc) is 3.02. The predicted molar refractivity (Wildman–Crippen MR) is 94.3 cm³/mol. The first-order valence-electron chi connectivity index (χ1n) is 7.98. The summed E-state index contributed by atoms with van der Waals surface area (Å²) in [5.74, 6) is -0.417. The Morgan fingerprint density at radius 1 is 1.11 bits per heavy atom. The molecule has 0 saturated heterocycles. The number of hydrogen-bond donors (Lipinski definition) is 1. The molecule has 0 bridgehead atoms. The third-order valence-electron chi connectivity index (χ3n) is 4.08. The van der Waals surface area contributed by atoms with Crippen molar-refractivity contribution in [2.75, 3.05) is 0 Å². The fourth-order valence-corrected chi connectivity index (χ4v) is 3.21. The van der Waals surface area contributed by atoms with Gasteiger partial charge in [0.25, 0.3) is 0 Å². The summed E-state index contributed by atoms with van der Waals surface area (Å²) in [5.41, 5.74) is 0.152. The summed E-state index contributed by atoms with van der Waals surface area (Å²) < 4.78 is 76.9. The van der Waals surface area contributed by atoms with Crippen molar-refractivity contribution in [1.82, 2.24) is 9.55 Å². The number of imidazole rings is 1. The van der Waals surface area contributed by atoms with E-state index in [9.17, 15) is 26.0 Å². The molecule has 0 amide bonds. The summed E-state index contributed by atoms with van der Waals surface area (Å²) in [6, 6.07) is 9.30. The molecule has 0 fully saturated rings. The van der Waals surface area contributed by atoms with Gasteiger partial charge >= 0.3 is 6.18 Å². The minimum Gasteiger partial charge on any atom is -0.326 e. The van der Waals surface area contributed by atoms with E-state index in [-0.39, 0.29) is 22.8 Å². The maximum absolute atomic E-state index is 13.4. The van der Waals surface area contributed by atoms with E-state index in [0.717, 1.165) is 6.20 Å². The van der Waals surface area contributed by atoms with Crippen LogP contribution in [0.15, 0.2) is 53.6 Å². The highest BCUT2D eigenvalue weighted by Gasteiger charge is 2.35. The van der Waals surface area contributed by atoms with Gasteiger partial charge in [-0.25, -0.2) is 22.9 Å². The van der Waals surface area contributed by atoms with Gasteiger partial charge < -0.3 is 4.57 Å². The monoisotopic (exact) mass is 413 g/mol. The zero-order valence-corrected chi connectivity index (χ0v) is 15.4. The van der Waals surface area contributed by atoms with E-state index in [1.54, 1.807) is 6.92 Å². The SMILES string of the molecule is Cc1cc(Cn2cc(C(F)(F)F)nc2-c2ccc(S(N)(=O)=O)cc2)ccc1F. The number of aryl methyl sites for hydroxylation is 1. The van der Waals surface area contributed by atoms with Crippen LogP contribution in [0.4, 0.5) is 17.6 Å². The molecule has 0 saturated carbocycles. The molecule has 148 valence electrons. The lowest BCUT2D eigenvalue weighted by Gasteiger charge is -2.09. The number of halogens is 4. The van der Waals surface area contributed by atoms with Gasteiger partial charge in [0, 0.05) is 18.3 Å². The molecule has 0 unspecified atom stereocenters. The largest absolute Gasteiger partial charge is 0.434 e. The smallest absolute Gasteiger partial charge is 0.326 e.